The Balaban J connectivity index is 0.000000244. The molecule has 3 aliphatic rings. The van der Waals surface area contributed by atoms with Gasteiger partial charge in [-0.3, -0.25) is 14.4 Å². The van der Waals surface area contributed by atoms with Crippen molar-refractivity contribution < 1.29 is 29.0 Å². The van der Waals surface area contributed by atoms with E-state index in [1.54, 1.807) is 35.7 Å². The standard InChI is InChI=1S/C22H33N3O4S.C15H21ClN2O2S/c1-3-13-30-21-18(22(28)24(2)17-8-11-29-12-9-17)6-7-19(23-21)25-10-4-5-16(15-25)14-20(26)27;1-3-10-21-14-12(4-5-13(16)17-14)15(19)18(2)11-6-8-20-9-7-11/h6-7,16-17H,3-5,8-15H2,1-2H3,(H,26,27);4-5,11H,3,6-10H2,1-2H3/t16-;/m0./s1. The Hall–Kier alpha value is -2.58. The number of carbonyl (C=O) groups is 3. The molecule has 3 aliphatic heterocycles. The third-order valence-electron chi connectivity index (χ3n) is 9.44. The van der Waals surface area contributed by atoms with Crippen LogP contribution in [0.4, 0.5) is 5.82 Å². The monoisotopic (exact) mass is 763 g/mol. The summed E-state index contributed by atoms with van der Waals surface area (Å²) in [6, 6.07) is 7.73. The van der Waals surface area contributed by atoms with E-state index in [-0.39, 0.29) is 36.2 Å². The van der Waals surface area contributed by atoms with E-state index in [2.05, 4.69) is 23.7 Å². The smallest absolute Gasteiger partial charge is 0.303 e. The molecule has 3 fully saturated rings. The van der Waals surface area contributed by atoms with Gasteiger partial charge >= 0.3 is 5.97 Å². The van der Waals surface area contributed by atoms with Crippen LogP contribution in [0.3, 0.4) is 0 Å². The zero-order valence-electron chi connectivity index (χ0n) is 30.5. The summed E-state index contributed by atoms with van der Waals surface area (Å²) in [5, 5.41) is 11.1. The number of amides is 2. The summed E-state index contributed by atoms with van der Waals surface area (Å²) >= 11 is 9.17. The topological polar surface area (TPSA) is 125 Å². The zero-order chi connectivity index (χ0) is 36.8. The predicted molar refractivity (Wildman–Crippen MR) is 205 cm³/mol. The number of hydrogen-bond donors (Lipinski definition) is 1. The van der Waals surface area contributed by atoms with Crippen LogP contribution in [0.25, 0.3) is 0 Å². The second-order valence-corrected chi connectivity index (χ2v) is 15.8. The van der Waals surface area contributed by atoms with Gasteiger partial charge in [-0.05, 0) is 93.1 Å². The van der Waals surface area contributed by atoms with E-state index in [1.165, 1.54) is 0 Å². The maximum absolute atomic E-state index is 13.2. The van der Waals surface area contributed by atoms with Crippen LogP contribution in [0.15, 0.2) is 34.3 Å². The van der Waals surface area contributed by atoms with Gasteiger partial charge in [0.2, 0.25) is 0 Å². The number of piperidine rings is 1. The van der Waals surface area contributed by atoms with Crippen LogP contribution < -0.4 is 4.90 Å². The van der Waals surface area contributed by atoms with E-state index < -0.39 is 5.97 Å². The number of aromatic nitrogens is 2. The molecule has 0 spiro atoms. The van der Waals surface area contributed by atoms with Crippen LogP contribution in [-0.4, -0.2) is 120 Å². The van der Waals surface area contributed by atoms with Gasteiger partial charge in [0.05, 0.1) is 11.1 Å². The summed E-state index contributed by atoms with van der Waals surface area (Å²) in [4.78, 5) is 52.1. The fourth-order valence-corrected chi connectivity index (χ4v) is 8.45. The van der Waals surface area contributed by atoms with Crippen molar-refractivity contribution >= 4 is 58.7 Å². The van der Waals surface area contributed by atoms with Crippen LogP contribution in [0.2, 0.25) is 5.15 Å². The molecule has 0 bridgehead atoms. The van der Waals surface area contributed by atoms with Crippen molar-refractivity contribution in [2.24, 2.45) is 5.92 Å². The number of nitrogens with zero attached hydrogens (tertiary/aromatic N) is 5. The number of halogens is 1. The highest BCUT2D eigenvalue weighted by atomic mass is 35.5. The fourth-order valence-electron chi connectivity index (χ4n) is 6.51. The van der Waals surface area contributed by atoms with Crippen molar-refractivity contribution in [3.63, 3.8) is 0 Å². The number of aliphatic carboxylic acids is 1. The number of thioether (sulfide) groups is 2. The highest BCUT2D eigenvalue weighted by Crippen LogP contribution is 2.30. The van der Waals surface area contributed by atoms with Crippen molar-refractivity contribution in [2.75, 3.05) is 70.0 Å². The maximum Gasteiger partial charge on any atom is 0.303 e. The van der Waals surface area contributed by atoms with E-state index in [9.17, 15) is 14.4 Å². The normalized spacial score (nSPS) is 18.5. The van der Waals surface area contributed by atoms with Gasteiger partial charge in [-0.15, -0.1) is 23.5 Å². The van der Waals surface area contributed by atoms with Gasteiger partial charge in [-0.1, -0.05) is 25.4 Å². The third-order valence-corrected chi connectivity index (χ3v) is 12.0. The highest BCUT2D eigenvalue weighted by Gasteiger charge is 2.28. The summed E-state index contributed by atoms with van der Waals surface area (Å²) in [6.07, 6.45) is 7.64. The number of anilines is 1. The quantitative estimate of drug-likeness (QED) is 0.167. The minimum atomic E-state index is -0.744. The van der Waals surface area contributed by atoms with Crippen molar-refractivity contribution in [2.45, 2.75) is 93.8 Å². The molecule has 5 heterocycles. The minimum absolute atomic E-state index is 0.0157. The van der Waals surface area contributed by atoms with Crippen LogP contribution in [0.5, 0.6) is 0 Å². The second-order valence-electron chi connectivity index (χ2n) is 13.3. The Morgan fingerprint density at radius 2 is 1.33 bits per heavy atom. The van der Waals surface area contributed by atoms with E-state index in [0.29, 0.717) is 36.0 Å². The first-order valence-corrected chi connectivity index (χ1v) is 20.6. The lowest BCUT2D eigenvalue weighted by Gasteiger charge is -2.34. The molecule has 2 aromatic heterocycles. The fraction of sp³-hybridized carbons (Fsp3) is 0.649. The molecular weight excluding hydrogens is 710 g/mol. The first-order chi connectivity index (χ1) is 24.6. The predicted octanol–water partition coefficient (Wildman–Crippen LogP) is 7.01. The average Bonchev–Trinajstić information content (AvgIpc) is 3.15. The van der Waals surface area contributed by atoms with Crippen molar-refractivity contribution in [3.8, 4) is 0 Å². The Morgan fingerprint density at radius 3 is 1.84 bits per heavy atom. The summed E-state index contributed by atoms with van der Waals surface area (Å²) in [6.45, 7) is 8.63. The van der Waals surface area contributed by atoms with Gasteiger partial charge in [-0.25, -0.2) is 9.97 Å². The molecule has 0 unspecified atom stereocenters. The number of carboxylic acids is 1. The van der Waals surface area contributed by atoms with Gasteiger partial charge in [-0.2, -0.15) is 0 Å². The molecule has 2 aromatic rings. The number of ether oxygens (including phenoxy) is 2. The van der Waals surface area contributed by atoms with Gasteiger partial charge in [0.15, 0.2) is 0 Å². The molecule has 1 atom stereocenters. The number of hydrogen-bond acceptors (Lipinski definition) is 10. The van der Waals surface area contributed by atoms with Gasteiger partial charge in [0.25, 0.3) is 11.8 Å². The lowest BCUT2D eigenvalue weighted by Crippen LogP contribution is -2.41. The molecule has 0 aromatic carbocycles. The van der Waals surface area contributed by atoms with Crippen LogP contribution in [0, 0.1) is 5.92 Å². The molecule has 11 nitrogen and oxygen atoms in total. The number of carboxylic acid groups (broad SMARTS) is 1. The molecule has 3 saturated heterocycles. The van der Waals surface area contributed by atoms with E-state index in [1.807, 2.05) is 36.0 Å². The van der Waals surface area contributed by atoms with Crippen molar-refractivity contribution in [1.82, 2.24) is 19.8 Å². The van der Waals surface area contributed by atoms with E-state index in [0.717, 1.165) is 98.5 Å². The SMILES string of the molecule is CCCSc1nc(Cl)ccc1C(=O)N(C)C1CCOCC1.CCCSc1nc(N2CCC[C@@H](CC(=O)O)C2)ccc1C(=O)N(C)C1CCOCC1. The van der Waals surface area contributed by atoms with E-state index in [4.69, 9.17) is 31.2 Å². The summed E-state index contributed by atoms with van der Waals surface area (Å²) in [7, 11) is 3.74. The van der Waals surface area contributed by atoms with Crippen molar-refractivity contribution in [1.29, 1.82) is 0 Å². The largest absolute Gasteiger partial charge is 0.481 e. The minimum Gasteiger partial charge on any atom is -0.481 e. The van der Waals surface area contributed by atoms with Crippen LogP contribution >= 0.6 is 35.1 Å². The van der Waals surface area contributed by atoms with Gasteiger partial charge < -0.3 is 29.3 Å². The summed E-state index contributed by atoms with van der Waals surface area (Å²) in [5.41, 5.74) is 1.30. The first kappa shape index (κ1) is 41.2. The zero-order valence-corrected chi connectivity index (χ0v) is 32.9. The Kier molecular flexibility index (Phi) is 17.1. The molecule has 0 aliphatic carbocycles. The molecule has 1 N–H and O–H groups in total. The number of carbonyl (C=O) groups excluding carboxylic acids is 2. The Labute approximate surface area is 316 Å². The lowest BCUT2D eigenvalue weighted by molar-refractivity contribution is -0.138. The van der Waals surface area contributed by atoms with Crippen LogP contribution in [-0.2, 0) is 14.3 Å². The highest BCUT2D eigenvalue weighted by molar-refractivity contribution is 7.99. The lowest BCUT2D eigenvalue weighted by atomic mass is 9.95. The third kappa shape index (κ3) is 12.2. The molecule has 282 valence electrons. The first-order valence-electron chi connectivity index (χ1n) is 18.2. The van der Waals surface area contributed by atoms with Gasteiger partial charge in [0.1, 0.15) is 21.0 Å². The second kappa shape index (κ2) is 21.2. The average molecular weight is 764 g/mol. The molecule has 0 radical (unpaired) electrons. The molecule has 0 saturated carbocycles. The molecule has 5 rings (SSSR count). The number of pyridine rings is 2. The summed E-state index contributed by atoms with van der Waals surface area (Å²) in [5.74, 6) is 2.10. The molecule has 2 amide bonds. The van der Waals surface area contributed by atoms with Crippen LogP contribution in [0.1, 0.15) is 92.4 Å². The summed E-state index contributed by atoms with van der Waals surface area (Å²) < 4.78 is 10.8. The Morgan fingerprint density at radius 1 is 0.824 bits per heavy atom. The maximum atomic E-state index is 13.2. The molecule has 51 heavy (non-hydrogen) atoms. The van der Waals surface area contributed by atoms with Gasteiger partial charge in [0, 0.05) is 72.1 Å². The number of rotatable bonds is 13. The Bertz CT molecular complexity index is 1440. The van der Waals surface area contributed by atoms with Crippen molar-refractivity contribution in [3.05, 3.63) is 40.5 Å². The molecule has 14 heteroatoms. The van der Waals surface area contributed by atoms with E-state index >= 15 is 0 Å². The molecular formula is C37H54ClN5O6S2.